The van der Waals surface area contributed by atoms with Gasteiger partial charge in [0.15, 0.2) is 17.6 Å². The number of methoxy groups -OCH3 is 1. The van der Waals surface area contributed by atoms with Crippen molar-refractivity contribution in [3.63, 3.8) is 0 Å². The molecule has 4 nitrogen and oxygen atoms in total. The van der Waals surface area contributed by atoms with Gasteiger partial charge in [-0.15, -0.1) is 24.0 Å². The van der Waals surface area contributed by atoms with E-state index in [0.717, 1.165) is 38.1 Å². The van der Waals surface area contributed by atoms with Crippen LogP contribution >= 0.6 is 24.0 Å². The topological polar surface area (TPSA) is 45.7 Å². The van der Waals surface area contributed by atoms with Crippen molar-refractivity contribution in [2.75, 3.05) is 33.4 Å². The number of hydrogen-bond acceptors (Lipinski definition) is 2. The molecule has 1 fully saturated rings. The smallest absolute Gasteiger partial charge is 0.191 e. The molecule has 0 aromatic heterocycles. The number of hydrogen-bond donors (Lipinski definition) is 2. The summed E-state index contributed by atoms with van der Waals surface area (Å²) in [6.45, 7) is 4.79. The second-order valence-corrected chi connectivity index (χ2v) is 7.03. The van der Waals surface area contributed by atoms with Crippen LogP contribution in [0.2, 0.25) is 0 Å². The van der Waals surface area contributed by atoms with Gasteiger partial charge in [0.1, 0.15) is 0 Å². The Kier molecular flexibility index (Phi) is 11.1. The van der Waals surface area contributed by atoms with Gasteiger partial charge in [0.2, 0.25) is 0 Å². The predicted molar refractivity (Wildman–Crippen MR) is 117 cm³/mol. The Morgan fingerprint density at radius 1 is 1.22 bits per heavy atom. The molecule has 2 rings (SSSR count). The number of nitrogens with one attached hydrogen (secondary N) is 2. The Morgan fingerprint density at radius 3 is 2.63 bits per heavy atom. The predicted octanol–water partition coefficient (Wildman–Crippen LogP) is 4.28. The summed E-state index contributed by atoms with van der Waals surface area (Å²) in [6.07, 6.45) is 6.31. The minimum atomic E-state index is -0.801. The van der Waals surface area contributed by atoms with Crippen LogP contribution in [-0.2, 0) is 11.2 Å². The van der Waals surface area contributed by atoms with Crippen molar-refractivity contribution in [3.8, 4) is 0 Å². The molecular weight excluding hydrogens is 463 g/mol. The summed E-state index contributed by atoms with van der Waals surface area (Å²) < 4.78 is 32.3. The van der Waals surface area contributed by atoms with Gasteiger partial charge in [-0.1, -0.05) is 25.0 Å². The van der Waals surface area contributed by atoms with Crippen LogP contribution in [0.15, 0.2) is 23.2 Å². The minimum absolute atomic E-state index is 0. The van der Waals surface area contributed by atoms with Gasteiger partial charge in [-0.05, 0) is 49.7 Å². The molecule has 0 bridgehead atoms. The molecule has 0 unspecified atom stereocenters. The average Bonchev–Trinajstić information content (AvgIpc) is 3.11. The molecule has 0 aliphatic heterocycles. The lowest BCUT2D eigenvalue weighted by molar-refractivity contribution is 0.141. The Bertz CT molecular complexity index is 593. The van der Waals surface area contributed by atoms with Crippen molar-refractivity contribution in [2.24, 2.45) is 10.4 Å². The monoisotopic (exact) mass is 495 g/mol. The van der Waals surface area contributed by atoms with Crippen LogP contribution < -0.4 is 10.6 Å². The molecule has 154 valence electrons. The molecule has 0 heterocycles. The first kappa shape index (κ1) is 24.1. The van der Waals surface area contributed by atoms with Gasteiger partial charge in [-0.25, -0.2) is 8.78 Å². The summed E-state index contributed by atoms with van der Waals surface area (Å²) in [4.78, 5) is 4.76. The molecule has 7 heteroatoms. The molecule has 27 heavy (non-hydrogen) atoms. The molecule has 1 saturated carbocycles. The largest absolute Gasteiger partial charge is 0.385 e. The highest BCUT2D eigenvalue weighted by Crippen LogP contribution is 2.41. The molecule has 0 spiro atoms. The minimum Gasteiger partial charge on any atom is -0.385 e. The number of ether oxygens (including phenoxy) is 1. The molecule has 1 aromatic carbocycles. The Hall–Kier alpha value is -0.960. The van der Waals surface area contributed by atoms with Crippen LogP contribution in [-0.4, -0.2) is 39.3 Å². The third-order valence-corrected chi connectivity index (χ3v) is 5.14. The number of benzene rings is 1. The normalized spacial score (nSPS) is 16.1. The highest BCUT2D eigenvalue weighted by molar-refractivity contribution is 14.0. The molecule has 1 aromatic rings. The summed E-state index contributed by atoms with van der Waals surface area (Å²) >= 11 is 0. The number of aliphatic imine (C=N–C) groups is 1. The van der Waals surface area contributed by atoms with Crippen molar-refractivity contribution in [2.45, 2.75) is 45.4 Å². The lowest BCUT2D eigenvalue weighted by Gasteiger charge is -2.27. The standard InChI is InChI=1S/C20H31F2N3O.HI/c1-3-23-19(24-13-9-16-7-6-8-17(21)18(16)22)25-15-20(12-14-26-2)10-4-5-11-20;/h6-8H,3-5,9-15H2,1-2H3,(H2,23,24,25);1H. The van der Waals surface area contributed by atoms with Crippen LogP contribution in [0.25, 0.3) is 0 Å². The fourth-order valence-corrected chi connectivity index (χ4v) is 3.58. The summed E-state index contributed by atoms with van der Waals surface area (Å²) in [5.41, 5.74) is 0.605. The second kappa shape index (κ2) is 12.5. The first-order valence-corrected chi connectivity index (χ1v) is 9.54. The van der Waals surface area contributed by atoms with E-state index in [2.05, 4.69) is 10.6 Å². The average molecular weight is 495 g/mol. The van der Waals surface area contributed by atoms with E-state index in [1.807, 2.05) is 6.92 Å². The van der Waals surface area contributed by atoms with E-state index in [4.69, 9.17) is 9.73 Å². The fraction of sp³-hybridized carbons (Fsp3) is 0.650. The first-order valence-electron chi connectivity index (χ1n) is 9.54. The van der Waals surface area contributed by atoms with Gasteiger partial charge < -0.3 is 15.4 Å². The first-order chi connectivity index (χ1) is 12.6. The van der Waals surface area contributed by atoms with E-state index >= 15 is 0 Å². The van der Waals surface area contributed by atoms with Gasteiger partial charge >= 0.3 is 0 Å². The maximum absolute atomic E-state index is 13.7. The van der Waals surface area contributed by atoms with Crippen LogP contribution in [0, 0.1) is 17.0 Å². The summed E-state index contributed by atoms with van der Waals surface area (Å²) in [5.74, 6) is -0.835. The van der Waals surface area contributed by atoms with Gasteiger partial charge in [0.05, 0.1) is 0 Å². The maximum atomic E-state index is 13.7. The molecule has 0 radical (unpaired) electrons. The number of halogens is 3. The van der Waals surface area contributed by atoms with Crippen molar-refractivity contribution >= 4 is 29.9 Å². The van der Waals surface area contributed by atoms with E-state index in [-0.39, 0.29) is 29.4 Å². The Balaban J connectivity index is 0.00000364. The molecule has 1 aliphatic rings. The van der Waals surface area contributed by atoms with E-state index in [1.54, 1.807) is 13.2 Å². The summed E-state index contributed by atoms with van der Waals surface area (Å²) in [5, 5.41) is 6.46. The van der Waals surface area contributed by atoms with Crippen molar-refractivity contribution in [3.05, 3.63) is 35.4 Å². The summed E-state index contributed by atoms with van der Waals surface area (Å²) in [7, 11) is 1.74. The van der Waals surface area contributed by atoms with E-state index in [9.17, 15) is 8.78 Å². The van der Waals surface area contributed by atoms with Crippen LogP contribution in [0.4, 0.5) is 8.78 Å². The highest BCUT2D eigenvalue weighted by Gasteiger charge is 2.33. The maximum Gasteiger partial charge on any atom is 0.191 e. The molecule has 0 amide bonds. The van der Waals surface area contributed by atoms with Crippen molar-refractivity contribution < 1.29 is 13.5 Å². The SMILES string of the molecule is CCNC(=NCC1(CCOC)CCCC1)NCCc1cccc(F)c1F.I. The van der Waals surface area contributed by atoms with Crippen molar-refractivity contribution in [1.82, 2.24) is 10.6 Å². The zero-order valence-corrected chi connectivity index (χ0v) is 18.7. The molecule has 0 atom stereocenters. The third-order valence-electron chi connectivity index (χ3n) is 5.14. The van der Waals surface area contributed by atoms with Gasteiger partial charge in [-0.2, -0.15) is 0 Å². The van der Waals surface area contributed by atoms with Crippen LogP contribution in [0.1, 0.15) is 44.6 Å². The number of rotatable bonds is 9. The quantitative estimate of drug-likeness (QED) is 0.306. The molecule has 1 aliphatic carbocycles. The summed E-state index contributed by atoms with van der Waals surface area (Å²) in [6, 6.07) is 4.29. The second-order valence-electron chi connectivity index (χ2n) is 7.03. The molecule has 2 N–H and O–H groups in total. The van der Waals surface area contributed by atoms with E-state index < -0.39 is 11.6 Å². The van der Waals surface area contributed by atoms with E-state index in [0.29, 0.717) is 18.5 Å². The zero-order valence-electron chi connectivity index (χ0n) is 16.3. The van der Waals surface area contributed by atoms with Gasteiger partial charge in [0, 0.05) is 33.4 Å². The van der Waals surface area contributed by atoms with Crippen LogP contribution in [0.5, 0.6) is 0 Å². The molecular formula is C20H32F2IN3O. The van der Waals surface area contributed by atoms with Crippen LogP contribution in [0.3, 0.4) is 0 Å². The number of nitrogens with zero attached hydrogens (tertiary/aromatic N) is 1. The lowest BCUT2D eigenvalue weighted by Crippen LogP contribution is -2.39. The Morgan fingerprint density at radius 2 is 1.96 bits per heavy atom. The third kappa shape index (κ3) is 7.52. The van der Waals surface area contributed by atoms with Gasteiger partial charge in [-0.3, -0.25) is 4.99 Å². The fourth-order valence-electron chi connectivity index (χ4n) is 3.58. The molecule has 0 saturated heterocycles. The van der Waals surface area contributed by atoms with Gasteiger partial charge in [0.25, 0.3) is 0 Å². The van der Waals surface area contributed by atoms with Crippen molar-refractivity contribution in [1.29, 1.82) is 0 Å². The zero-order chi connectivity index (χ0) is 18.8. The number of guanidine groups is 1. The highest BCUT2D eigenvalue weighted by atomic mass is 127. The lowest BCUT2D eigenvalue weighted by atomic mass is 9.83. The van der Waals surface area contributed by atoms with E-state index in [1.165, 1.54) is 31.7 Å². The Labute approximate surface area is 178 Å².